The third kappa shape index (κ3) is 8.29. The molecular weight excluding hydrogens is 353 g/mol. The van der Waals surface area contributed by atoms with Crippen molar-refractivity contribution in [1.29, 1.82) is 0 Å². The Labute approximate surface area is 134 Å². The summed E-state index contributed by atoms with van der Waals surface area (Å²) in [6.45, 7) is 7.14. The second-order valence-corrected chi connectivity index (χ2v) is 4.56. The van der Waals surface area contributed by atoms with Crippen LogP contribution in [-0.2, 0) is 0 Å². The molecule has 6 heteroatoms. The van der Waals surface area contributed by atoms with Crippen LogP contribution in [0.2, 0.25) is 0 Å². The Hall–Kier alpha value is -0.520. The first kappa shape index (κ1) is 18.5. The van der Waals surface area contributed by atoms with Gasteiger partial charge in [0.15, 0.2) is 5.96 Å². The largest absolute Gasteiger partial charge is 0.355 e. The standard InChI is InChI=1S/C13H25N5.HI/c1-4-6-15-13(14-2)16-7-10-18-9-5-8-17(3)11-12-18;/h1H,5-12H2,2-3H3,(H2,14,15,16);1H. The molecule has 5 nitrogen and oxygen atoms in total. The summed E-state index contributed by atoms with van der Waals surface area (Å²) in [6.07, 6.45) is 6.45. The Bertz CT molecular complexity index is 300. The van der Waals surface area contributed by atoms with Crippen LogP contribution in [0.25, 0.3) is 0 Å². The molecule has 0 amide bonds. The molecule has 1 fully saturated rings. The summed E-state index contributed by atoms with van der Waals surface area (Å²) >= 11 is 0. The molecule has 0 aromatic rings. The van der Waals surface area contributed by atoms with Crippen molar-refractivity contribution in [3.63, 3.8) is 0 Å². The van der Waals surface area contributed by atoms with Gasteiger partial charge in [0.25, 0.3) is 0 Å². The average molecular weight is 379 g/mol. The highest BCUT2D eigenvalue weighted by molar-refractivity contribution is 14.0. The molecule has 0 aliphatic carbocycles. The molecule has 0 bridgehead atoms. The molecule has 1 aliphatic rings. The molecule has 2 N–H and O–H groups in total. The number of terminal acetylenes is 1. The van der Waals surface area contributed by atoms with Crippen molar-refractivity contribution in [2.75, 3.05) is 59.9 Å². The van der Waals surface area contributed by atoms with Gasteiger partial charge in [0.2, 0.25) is 0 Å². The second kappa shape index (κ2) is 11.3. The first-order valence-corrected chi connectivity index (χ1v) is 6.55. The van der Waals surface area contributed by atoms with E-state index in [1.165, 1.54) is 19.5 Å². The van der Waals surface area contributed by atoms with Gasteiger partial charge in [0.1, 0.15) is 0 Å². The summed E-state index contributed by atoms with van der Waals surface area (Å²) < 4.78 is 0. The van der Waals surface area contributed by atoms with E-state index >= 15 is 0 Å². The van der Waals surface area contributed by atoms with E-state index in [-0.39, 0.29) is 24.0 Å². The van der Waals surface area contributed by atoms with E-state index < -0.39 is 0 Å². The van der Waals surface area contributed by atoms with Gasteiger partial charge in [-0.3, -0.25) is 4.99 Å². The minimum atomic E-state index is 0. The van der Waals surface area contributed by atoms with Crippen LogP contribution in [-0.4, -0.2) is 75.7 Å². The van der Waals surface area contributed by atoms with Gasteiger partial charge < -0.3 is 20.4 Å². The number of rotatable bonds is 4. The molecule has 0 atom stereocenters. The van der Waals surface area contributed by atoms with Gasteiger partial charge >= 0.3 is 0 Å². The monoisotopic (exact) mass is 379 g/mol. The van der Waals surface area contributed by atoms with E-state index in [9.17, 15) is 0 Å². The van der Waals surface area contributed by atoms with Gasteiger partial charge in [0, 0.05) is 33.2 Å². The van der Waals surface area contributed by atoms with Crippen LogP contribution in [0.4, 0.5) is 0 Å². The maximum absolute atomic E-state index is 5.20. The Balaban J connectivity index is 0.00000324. The molecular formula is C13H26IN5. The number of aliphatic imine (C=N–C) groups is 1. The second-order valence-electron chi connectivity index (χ2n) is 4.56. The Morgan fingerprint density at radius 3 is 2.74 bits per heavy atom. The SMILES string of the molecule is C#CCNC(=NC)NCCN1CCCN(C)CC1.I. The molecule has 19 heavy (non-hydrogen) atoms. The maximum atomic E-state index is 5.20. The summed E-state index contributed by atoms with van der Waals surface area (Å²) in [5.41, 5.74) is 0. The van der Waals surface area contributed by atoms with Crippen molar-refractivity contribution in [1.82, 2.24) is 20.4 Å². The lowest BCUT2D eigenvalue weighted by Crippen LogP contribution is -2.42. The number of nitrogens with one attached hydrogen (secondary N) is 2. The zero-order valence-corrected chi connectivity index (χ0v) is 14.3. The van der Waals surface area contributed by atoms with Crippen LogP contribution in [0.1, 0.15) is 6.42 Å². The van der Waals surface area contributed by atoms with Crippen molar-refractivity contribution < 1.29 is 0 Å². The van der Waals surface area contributed by atoms with Crippen LogP contribution < -0.4 is 10.6 Å². The average Bonchev–Trinajstić information content (AvgIpc) is 2.58. The van der Waals surface area contributed by atoms with Gasteiger partial charge in [-0.15, -0.1) is 30.4 Å². The van der Waals surface area contributed by atoms with E-state index in [0.717, 1.165) is 32.1 Å². The van der Waals surface area contributed by atoms with Crippen LogP contribution in [0.15, 0.2) is 4.99 Å². The van der Waals surface area contributed by atoms with Gasteiger partial charge in [0.05, 0.1) is 6.54 Å². The van der Waals surface area contributed by atoms with Crippen molar-refractivity contribution in [3.8, 4) is 12.3 Å². The van der Waals surface area contributed by atoms with Crippen molar-refractivity contribution >= 4 is 29.9 Å². The third-order valence-corrected chi connectivity index (χ3v) is 3.11. The molecule has 0 saturated carbocycles. The minimum absolute atomic E-state index is 0. The molecule has 0 aromatic carbocycles. The van der Waals surface area contributed by atoms with E-state index in [2.05, 4.69) is 38.4 Å². The van der Waals surface area contributed by atoms with Gasteiger partial charge in [-0.2, -0.15) is 0 Å². The minimum Gasteiger partial charge on any atom is -0.355 e. The fraction of sp³-hybridized carbons (Fsp3) is 0.769. The smallest absolute Gasteiger partial charge is 0.191 e. The molecule has 0 spiro atoms. The molecule has 1 saturated heterocycles. The van der Waals surface area contributed by atoms with Crippen LogP contribution >= 0.6 is 24.0 Å². The Morgan fingerprint density at radius 1 is 1.26 bits per heavy atom. The van der Waals surface area contributed by atoms with Gasteiger partial charge in [-0.05, 0) is 26.6 Å². The van der Waals surface area contributed by atoms with E-state index in [1.807, 2.05) is 0 Å². The Kier molecular flexibility index (Phi) is 11.0. The highest BCUT2D eigenvalue weighted by Gasteiger charge is 2.11. The Morgan fingerprint density at radius 2 is 2.05 bits per heavy atom. The van der Waals surface area contributed by atoms with Crippen molar-refractivity contribution in [2.45, 2.75) is 6.42 Å². The van der Waals surface area contributed by atoms with E-state index in [0.29, 0.717) is 6.54 Å². The lowest BCUT2D eigenvalue weighted by Gasteiger charge is -2.20. The molecule has 1 rings (SSSR count). The normalized spacial score (nSPS) is 18.1. The van der Waals surface area contributed by atoms with Gasteiger partial charge in [-0.1, -0.05) is 5.92 Å². The first-order valence-electron chi connectivity index (χ1n) is 6.55. The number of guanidine groups is 1. The molecule has 1 heterocycles. The van der Waals surface area contributed by atoms with E-state index in [1.54, 1.807) is 7.05 Å². The predicted molar refractivity (Wildman–Crippen MR) is 92.2 cm³/mol. The number of hydrogen-bond acceptors (Lipinski definition) is 3. The van der Waals surface area contributed by atoms with Gasteiger partial charge in [-0.25, -0.2) is 0 Å². The summed E-state index contributed by atoms with van der Waals surface area (Å²) in [5.74, 6) is 3.32. The first-order chi connectivity index (χ1) is 8.76. The zero-order chi connectivity index (χ0) is 13.2. The number of nitrogens with zero attached hydrogens (tertiary/aromatic N) is 3. The highest BCUT2D eigenvalue weighted by atomic mass is 127. The fourth-order valence-corrected chi connectivity index (χ4v) is 2.01. The van der Waals surface area contributed by atoms with Crippen molar-refractivity contribution in [3.05, 3.63) is 0 Å². The molecule has 0 radical (unpaired) electrons. The lowest BCUT2D eigenvalue weighted by atomic mass is 10.4. The number of likely N-dealkylation sites (N-methyl/N-ethyl adjacent to an activating group) is 1. The molecule has 0 unspecified atom stereocenters. The van der Waals surface area contributed by atoms with E-state index in [4.69, 9.17) is 6.42 Å². The lowest BCUT2D eigenvalue weighted by molar-refractivity contribution is 0.280. The van der Waals surface area contributed by atoms with Crippen LogP contribution in [0.5, 0.6) is 0 Å². The topological polar surface area (TPSA) is 42.9 Å². The molecule has 1 aliphatic heterocycles. The maximum Gasteiger partial charge on any atom is 0.191 e. The number of hydrogen-bond donors (Lipinski definition) is 2. The summed E-state index contributed by atoms with van der Waals surface area (Å²) in [6, 6.07) is 0. The molecule has 110 valence electrons. The molecule has 0 aromatic heterocycles. The summed E-state index contributed by atoms with van der Waals surface area (Å²) in [4.78, 5) is 8.99. The summed E-state index contributed by atoms with van der Waals surface area (Å²) in [7, 11) is 3.94. The fourth-order valence-electron chi connectivity index (χ4n) is 2.01. The number of halogens is 1. The quantitative estimate of drug-likeness (QED) is 0.313. The van der Waals surface area contributed by atoms with Crippen LogP contribution in [0.3, 0.4) is 0 Å². The zero-order valence-electron chi connectivity index (χ0n) is 12.0. The highest BCUT2D eigenvalue weighted by Crippen LogP contribution is 1.99. The third-order valence-electron chi connectivity index (χ3n) is 3.11. The van der Waals surface area contributed by atoms with Crippen LogP contribution in [0, 0.1) is 12.3 Å². The summed E-state index contributed by atoms with van der Waals surface area (Å²) in [5, 5.41) is 6.32. The van der Waals surface area contributed by atoms with Crippen molar-refractivity contribution in [2.24, 2.45) is 4.99 Å². The predicted octanol–water partition coefficient (Wildman–Crippen LogP) is 0.0401.